The Morgan fingerprint density at radius 3 is 1.29 bits per heavy atom. The van der Waals surface area contributed by atoms with Crippen LogP contribution in [0.3, 0.4) is 0 Å². The molecule has 0 aliphatic rings. The van der Waals surface area contributed by atoms with E-state index in [2.05, 4.69) is 74.7 Å². The molecule has 1 amide bonds. The standard InChI is InChI=1S/C53H95NO5/c1-4-7-10-13-16-19-21-23-25-26-27-29-31-34-37-40-43-46-53(58)59-49(44-41-38-35-33-30-28-24-22-20-17-14-11-8-5-2)47-52(57)54-50(48-55)51(56)45-42-39-36-32-18-15-12-9-6-3/h8,11,17,20,24,28,33,35,41,44,49-51,55-56H,4-7,9-10,12-16,18-19,21-23,25-27,29-32,34,36-40,42-43,45-48H2,1-3H3,(H,54,57)/b11-8+,20-17+,28-24+,35-33+,44-41+. The van der Waals surface area contributed by atoms with Crippen molar-refractivity contribution in [2.75, 3.05) is 6.61 Å². The summed E-state index contributed by atoms with van der Waals surface area (Å²) in [4.78, 5) is 26.0. The second-order valence-corrected chi connectivity index (χ2v) is 16.8. The molecule has 0 spiro atoms. The first-order valence-electron chi connectivity index (χ1n) is 25.0. The fourth-order valence-corrected chi connectivity index (χ4v) is 7.33. The van der Waals surface area contributed by atoms with Crippen LogP contribution in [0.2, 0.25) is 0 Å². The van der Waals surface area contributed by atoms with Crippen molar-refractivity contribution in [1.82, 2.24) is 5.32 Å². The van der Waals surface area contributed by atoms with Crippen LogP contribution in [0.1, 0.15) is 239 Å². The van der Waals surface area contributed by atoms with Crippen LogP contribution in [0.15, 0.2) is 60.8 Å². The van der Waals surface area contributed by atoms with E-state index < -0.39 is 18.2 Å². The smallest absolute Gasteiger partial charge is 0.306 e. The SMILES string of the molecule is CC/C=C/C/C=C/C/C=C/C/C=C/C/C=C/C(CC(=O)NC(CO)C(O)CCCCCCCCCCC)OC(=O)CCCCCCCCCCCCCCCCCCC. The lowest BCUT2D eigenvalue weighted by Crippen LogP contribution is -2.46. The zero-order valence-corrected chi connectivity index (χ0v) is 38.9. The second-order valence-electron chi connectivity index (χ2n) is 16.8. The highest BCUT2D eigenvalue weighted by Crippen LogP contribution is 2.16. The Balaban J connectivity index is 4.68. The number of carbonyl (C=O) groups excluding carboxylic acids is 2. The third-order valence-corrected chi connectivity index (χ3v) is 11.1. The number of hydrogen-bond acceptors (Lipinski definition) is 5. The van der Waals surface area contributed by atoms with Gasteiger partial charge in [-0.15, -0.1) is 0 Å². The fraction of sp³-hybridized carbons (Fsp3) is 0.774. The molecular formula is C53H95NO5. The van der Waals surface area contributed by atoms with Gasteiger partial charge < -0.3 is 20.3 Å². The molecule has 0 aromatic heterocycles. The summed E-state index contributed by atoms with van der Waals surface area (Å²) in [6, 6.07) is -0.740. The summed E-state index contributed by atoms with van der Waals surface area (Å²) in [5.74, 6) is -0.625. The van der Waals surface area contributed by atoms with E-state index in [1.54, 1.807) is 6.08 Å². The largest absolute Gasteiger partial charge is 0.458 e. The molecule has 0 bridgehead atoms. The molecule has 0 fully saturated rings. The number of nitrogens with one attached hydrogen (secondary N) is 1. The van der Waals surface area contributed by atoms with Gasteiger partial charge in [-0.2, -0.15) is 0 Å². The number of rotatable bonds is 44. The molecule has 0 aromatic carbocycles. The van der Waals surface area contributed by atoms with Gasteiger partial charge in [-0.05, 0) is 51.0 Å². The minimum Gasteiger partial charge on any atom is -0.458 e. The minimum atomic E-state index is -0.817. The number of aliphatic hydroxyl groups excluding tert-OH is 2. The molecule has 6 heteroatoms. The molecule has 342 valence electrons. The predicted octanol–water partition coefficient (Wildman–Crippen LogP) is 14.8. The van der Waals surface area contributed by atoms with Gasteiger partial charge in [0.2, 0.25) is 5.91 Å². The van der Waals surface area contributed by atoms with Crippen molar-refractivity contribution in [1.29, 1.82) is 0 Å². The monoisotopic (exact) mass is 826 g/mol. The summed E-state index contributed by atoms with van der Waals surface area (Å²) < 4.78 is 5.81. The van der Waals surface area contributed by atoms with Crippen LogP contribution in [0.4, 0.5) is 0 Å². The maximum atomic E-state index is 13.1. The first kappa shape index (κ1) is 56.6. The number of amides is 1. The topological polar surface area (TPSA) is 95.9 Å². The van der Waals surface area contributed by atoms with Crippen LogP contribution in [0, 0.1) is 0 Å². The molecule has 0 radical (unpaired) electrons. The van der Waals surface area contributed by atoms with E-state index in [1.165, 1.54) is 128 Å². The third kappa shape index (κ3) is 42.1. The van der Waals surface area contributed by atoms with Gasteiger partial charge in [0, 0.05) is 6.42 Å². The molecule has 6 nitrogen and oxygen atoms in total. The Morgan fingerprint density at radius 2 is 0.881 bits per heavy atom. The molecule has 59 heavy (non-hydrogen) atoms. The van der Waals surface area contributed by atoms with Gasteiger partial charge in [-0.25, -0.2) is 0 Å². The first-order chi connectivity index (χ1) is 29.0. The van der Waals surface area contributed by atoms with Gasteiger partial charge in [0.1, 0.15) is 6.10 Å². The van der Waals surface area contributed by atoms with Crippen LogP contribution in [0.25, 0.3) is 0 Å². The summed E-state index contributed by atoms with van der Waals surface area (Å²) in [7, 11) is 0. The maximum Gasteiger partial charge on any atom is 0.306 e. The van der Waals surface area contributed by atoms with Crippen molar-refractivity contribution in [3.05, 3.63) is 60.8 Å². The molecule has 3 atom stereocenters. The minimum absolute atomic E-state index is 0.0449. The van der Waals surface area contributed by atoms with Crippen molar-refractivity contribution in [2.24, 2.45) is 0 Å². The van der Waals surface area contributed by atoms with Crippen molar-refractivity contribution in [2.45, 2.75) is 257 Å². The summed E-state index contributed by atoms with van der Waals surface area (Å²) in [5.41, 5.74) is 0. The lowest BCUT2D eigenvalue weighted by atomic mass is 10.0. The van der Waals surface area contributed by atoms with Crippen LogP contribution >= 0.6 is 0 Å². The number of esters is 1. The number of unbranched alkanes of at least 4 members (excludes halogenated alkanes) is 24. The Hall–Kier alpha value is -2.44. The highest BCUT2D eigenvalue weighted by Gasteiger charge is 2.23. The average molecular weight is 826 g/mol. The molecule has 0 aliphatic heterocycles. The van der Waals surface area contributed by atoms with Gasteiger partial charge in [0.15, 0.2) is 0 Å². The highest BCUT2D eigenvalue weighted by atomic mass is 16.5. The van der Waals surface area contributed by atoms with Gasteiger partial charge in [-0.3, -0.25) is 9.59 Å². The Bertz CT molecular complexity index is 1060. The quantitative estimate of drug-likeness (QED) is 0.0323. The molecule has 0 aliphatic carbocycles. The van der Waals surface area contributed by atoms with Gasteiger partial charge in [0.25, 0.3) is 0 Å². The Kier molecular flexibility index (Phi) is 44.7. The molecule has 0 saturated heterocycles. The van der Waals surface area contributed by atoms with E-state index in [1.807, 2.05) is 6.08 Å². The summed E-state index contributed by atoms with van der Waals surface area (Å²) in [6.07, 6.45) is 57.5. The van der Waals surface area contributed by atoms with E-state index in [9.17, 15) is 19.8 Å². The molecule has 0 saturated carbocycles. The van der Waals surface area contributed by atoms with Crippen LogP contribution in [-0.4, -0.2) is 46.9 Å². The predicted molar refractivity (Wildman–Crippen MR) is 255 cm³/mol. The summed E-state index contributed by atoms with van der Waals surface area (Å²) >= 11 is 0. The molecule has 3 N–H and O–H groups in total. The molecule has 0 rings (SSSR count). The zero-order chi connectivity index (χ0) is 43.1. The lowest BCUT2D eigenvalue weighted by molar-refractivity contribution is -0.148. The third-order valence-electron chi connectivity index (χ3n) is 11.1. The van der Waals surface area contributed by atoms with Crippen molar-refractivity contribution < 1.29 is 24.5 Å². The summed E-state index contributed by atoms with van der Waals surface area (Å²) in [5, 5.41) is 23.6. The molecule has 3 unspecified atom stereocenters. The highest BCUT2D eigenvalue weighted by molar-refractivity contribution is 5.78. The van der Waals surface area contributed by atoms with Crippen molar-refractivity contribution in [3.8, 4) is 0 Å². The molecular weight excluding hydrogens is 731 g/mol. The Labute approximate surface area is 365 Å². The molecule has 0 aromatic rings. The van der Waals surface area contributed by atoms with Crippen LogP contribution < -0.4 is 5.32 Å². The number of aliphatic hydroxyl groups is 2. The second kappa shape index (κ2) is 46.6. The van der Waals surface area contributed by atoms with E-state index >= 15 is 0 Å². The van der Waals surface area contributed by atoms with E-state index in [0.29, 0.717) is 19.3 Å². The van der Waals surface area contributed by atoms with E-state index in [-0.39, 0.29) is 24.9 Å². The van der Waals surface area contributed by atoms with Crippen molar-refractivity contribution in [3.63, 3.8) is 0 Å². The van der Waals surface area contributed by atoms with E-state index in [4.69, 9.17) is 4.74 Å². The fourth-order valence-electron chi connectivity index (χ4n) is 7.33. The van der Waals surface area contributed by atoms with Gasteiger partial charge in [-0.1, -0.05) is 236 Å². The van der Waals surface area contributed by atoms with Gasteiger partial charge in [0.05, 0.1) is 25.2 Å². The van der Waals surface area contributed by atoms with Crippen molar-refractivity contribution >= 4 is 11.9 Å². The first-order valence-corrected chi connectivity index (χ1v) is 25.0. The maximum absolute atomic E-state index is 13.1. The zero-order valence-electron chi connectivity index (χ0n) is 38.9. The van der Waals surface area contributed by atoms with Crippen LogP contribution in [-0.2, 0) is 14.3 Å². The van der Waals surface area contributed by atoms with Gasteiger partial charge >= 0.3 is 5.97 Å². The molecule has 0 heterocycles. The number of allylic oxidation sites excluding steroid dienone is 9. The van der Waals surface area contributed by atoms with Crippen LogP contribution in [0.5, 0.6) is 0 Å². The number of ether oxygens (including phenoxy) is 1. The normalized spacial score (nSPS) is 13.8. The number of hydrogen-bond donors (Lipinski definition) is 3. The van der Waals surface area contributed by atoms with E-state index in [0.717, 1.165) is 64.2 Å². The number of carbonyl (C=O) groups is 2. The lowest BCUT2D eigenvalue weighted by Gasteiger charge is -2.23. The average Bonchev–Trinajstić information content (AvgIpc) is 3.23. The Morgan fingerprint density at radius 1 is 0.508 bits per heavy atom. The summed E-state index contributed by atoms with van der Waals surface area (Å²) in [6.45, 7) is 6.31.